The Morgan fingerprint density at radius 1 is 1.35 bits per heavy atom. The van der Waals surface area contributed by atoms with Crippen LogP contribution in [0.5, 0.6) is 5.75 Å². The summed E-state index contributed by atoms with van der Waals surface area (Å²) in [5.41, 5.74) is -0.0402. The van der Waals surface area contributed by atoms with Crippen molar-refractivity contribution >= 4 is 21.6 Å². The van der Waals surface area contributed by atoms with Gasteiger partial charge in [0.2, 0.25) is 5.75 Å². The van der Waals surface area contributed by atoms with Gasteiger partial charge in [-0.25, -0.2) is 0 Å². The van der Waals surface area contributed by atoms with Crippen LogP contribution in [0.4, 0.5) is 5.69 Å². The quantitative estimate of drug-likeness (QED) is 0.477. The summed E-state index contributed by atoms with van der Waals surface area (Å²) in [4.78, 5) is 10.3. The lowest BCUT2D eigenvalue weighted by Crippen LogP contribution is -2.01. The van der Waals surface area contributed by atoms with Crippen LogP contribution in [0, 0.1) is 10.1 Å². The van der Waals surface area contributed by atoms with Crippen molar-refractivity contribution in [1.29, 1.82) is 0 Å². The maximum atomic E-state index is 10.8. The van der Waals surface area contributed by atoms with Crippen LogP contribution in [0.1, 0.15) is 19.3 Å². The molecule has 0 aliphatic heterocycles. The largest absolute Gasteiger partial charge is 0.486 e. The van der Waals surface area contributed by atoms with Crippen LogP contribution in [0.3, 0.4) is 0 Å². The molecule has 0 heterocycles. The third kappa shape index (κ3) is 4.32. The lowest BCUT2D eigenvalue weighted by Gasteiger charge is -2.08. The van der Waals surface area contributed by atoms with Crippen molar-refractivity contribution in [3.05, 3.63) is 32.8 Å². The van der Waals surface area contributed by atoms with Gasteiger partial charge in [-0.2, -0.15) is 0 Å². The van der Waals surface area contributed by atoms with E-state index in [1.807, 2.05) is 0 Å². The minimum atomic E-state index is -0.464. The molecule has 6 heteroatoms. The first-order chi connectivity index (χ1) is 8.16. The third-order valence-electron chi connectivity index (χ3n) is 2.19. The molecule has 17 heavy (non-hydrogen) atoms. The van der Waals surface area contributed by atoms with E-state index in [1.54, 1.807) is 12.1 Å². The molecule has 0 aromatic heterocycles. The fraction of sp³-hybridized carbons (Fsp3) is 0.455. The molecule has 1 rings (SSSR count). The molecule has 0 amide bonds. The number of aliphatic hydroxyl groups is 1. The number of benzene rings is 1. The minimum absolute atomic E-state index is 0.0402. The summed E-state index contributed by atoms with van der Waals surface area (Å²) in [6.07, 6.45) is 2.33. The van der Waals surface area contributed by atoms with Crippen LogP contribution in [-0.4, -0.2) is 23.2 Å². The zero-order valence-corrected chi connectivity index (χ0v) is 10.9. The summed E-state index contributed by atoms with van der Waals surface area (Å²) >= 11 is 3.23. The fourth-order valence-corrected chi connectivity index (χ4v) is 1.82. The van der Waals surface area contributed by atoms with Gasteiger partial charge in [-0.1, -0.05) is 6.07 Å². The number of nitro groups is 1. The van der Waals surface area contributed by atoms with Gasteiger partial charge < -0.3 is 9.84 Å². The first kappa shape index (κ1) is 13.9. The fourth-order valence-electron chi connectivity index (χ4n) is 1.35. The normalized spacial score (nSPS) is 10.2. The van der Waals surface area contributed by atoms with E-state index in [0.717, 1.165) is 19.3 Å². The number of aliphatic hydroxyl groups excluding tert-OH is 1. The number of unbranched alkanes of at least 4 members (excludes halogenated alkanes) is 2. The highest BCUT2D eigenvalue weighted by atomic mass is 79.9. The molecule has 0 aliphatic carbocycles. The maximum absolute atomic E-state index is 10.8. The molecule has 1 aromatic rings. The van der Waals surface area contributed by atoms with Crippen molar-refractivity contribution in [3.8, 4) is 5.75 Å². The van der Waals surface area contributed by atoms with Crippen LogP contribution in [-0.2, 0) is 0 Å². The number of para-hydroxylation sites is 1. The monoisotopic (exact) mass is 303 g/mol. The van der Waals surface area contributed by atoms with Crippen molar-refractivity contribution in [1.82, 2.24) is 0 Å². The Hall–Kier alpha value is -1.14. The first-order valence-electron chi connectivity index (χ1n) is 5.33. The van der Waals surface area contributed by atoms with Crippen molar-refractivity contribution in [2.75, 3.05) is 13.2 Å². The summed E-state index contributed by atoms with van der Waals surface area (Å²) in [6.45, 7) is 0.568. The molecular formula is C11H14BrNO4. The van der Waals surface area contributed by atoms with Crippen molar-refractivity contribution in [2.45, 2.75) is 19.3 Å². The standard InChI is InChI=1S/C11H14BrNO4/c12-9-5-4-6-10(13(15)16)11(9)17-8-3-1-2-7-14/h4-6,14H,1-3,7-8H2. The highest BCUT2D eigenvalue weighted by Crippen LogP contribution is 2.34. The number of ether oxygens (including phenoxy) is 1. The molecule has 0 saturated heterocycles. The summed E-state index contributed by atoms with van der Waals surface area (Å²) in [5, 5.41) is 19.4. The van der Waals surface area contributed by atoms with Crippen LogP contribution < -0.4 is 4.74 Å². The van der Waals surface area contributed by atoms with E-state index in [4.69, 9.17) is 9.84 Å². The molecular weight excluding hydrogens is 290 g/mol. The Labute approximate surface area is 108 Å². The van der Waals surface area contributed by atoms with Gasteiger partial charge in [-0.15, -0.1) is 0 Å². The smallest absolute Gasteiger partial charge is 0.312 e. The Bertz CT molecular complexity index is 384. The topological polar surface area (TPSA) is 72.6 Å². The summed E-state index contributed by atoms with van der Waals surface area (Å²) < 4.78 is 5.98. The minimum Gasteiger partial charge on any atom is -0.486 e. The summed E-state index contributed by atoms with van der Waals surface area (Å²) in [5.74, 6) is 0.265. The van der Waals surface area contributed by atoms with E-state index < -0.39 is 4.92 Å². The van der Waals surface area contributed by atoms with Gasteiger partial charge in [0.1, 0.15) is 0 Å². The number of nitrogens with zero attached hydrogens (tertiary/aromatic N) is 1. The second-order valence-corrected chi connectivity index (χ2v) is 4.33. The van der Waals surface area contributed by atoms with Crippen LogP contribution >= 0.6 is 15.9 Å². The van der Waals surface area contributed by atoms with E-state index in [1.165, 1.54) is 6.07 Å². The number of nitro benzene ring substituents is 1. The third-order valence-corrected chi connectivity index (χ3v) is 2.82. The number of hydrogen-bond donors (Lipinski definition) is 1. The summed E-state index contributed by atoms with van der Waals surface area (Å²) in [7, 11) is 0. The zero-order valence-electron chi connectivity index (χ0n) is 9.26. The number of rotatable bonds is 7. The van der Waals surface area contributed by atoms with E-state index in [9.17, 15) is 10.1 Å². The van der Waals surface area contributed by atoms with Crippen molar-refractivity contribution in [3.63, 3.8) is 0 Å². The van der Waals surface area contributed by atoms with Crippen LogP contribution in [0.25, 0.3) is 0 Å². The van der Waals surface area contributed by atoms with Gasteiger partial charge in [0, 0.05) is 12.7 Å². The second-order valence-electron chi connectivity index (χ2n) is 3.48. The van der Waals surface area contributed by atoms with Gasteiger partial charge in [0.05, 0.1) is 16.0 Å². The van der Waals surface area contributed by atoms with Crippen molar-refractivity contribution in [2.24, 2.45) is 0 Å². The Kier molecular flexibility index (Phi) is 5.93. The number of hydrogen-bond acceptors (Lipinski definition) is 4. The van der Waals surface area contributed by atoms with E-state index >= 15 is 0 Å². The predicted molar refractivity (Wildman–Crippen MR) is 67.2 cm³/mol. The molecule has 1 N–H and O–H groups in total. The highest BCUT2D eigenvalue weighted by Gasteiger charge is 2.17. The first-order valence-corrected chi connectivity index (χ1v) is 6.12. The maximum Gasteiger partial charge on any atom is 0.312 e. The van der Waals surface area contributed by atoms with Crippen molar-refractivity contribution < 1.29 is 14.8 Å². The molecule has 0 saturated carbocycles. The zero-order chi connectivity index (χ0) is 12.7. The van der Waals surface area contributed by atoms with E-state index in [0.29, 0.717) is 11.1 Å². The highest BCUT2D eigenvalue weighted by molar-refractivity contribution is 9.10. The summed E-state index contributed by atoms with van der Waals surface area (Å²) in [6, 6.07) is 4.71. The Balaban J connectivity index is 2.60. The SMILES string of the molecule is O=[N+]([O-])c1cccc(Br)c1OCCCCCO. The lowest BCUT2D eigenvalue weighted by atomic mass is 10.2. The van der Waals surface area contributed by atoms with Crippen LogP contribution in [0.15, 0.2) is 22.7 Å². The molecule has 0 bridgehead atoms. The predicted octanol–water partition coefficient (Wildman–Crippen LogP) is 2.90. The van der Waals surface area contributed by atoms with Gasteiger partial charge >= 0.3 is 5.69 Å². The molecule has 0 spiro atoms. The van der Waals surface area contributed by atoms with E-state index in [2.05, 4.69) is 15.9 Å². The molecule has 0 atom stereocenters. The lowest BCUT2D eigenvalue weighted by molar-refractivity contribution is -0.386. The van der Waals surface area contributed by atoms with E-state index in [-0.39, 0.29) is 18.0 Å². The van der Waals surface area contributed by atoms with Gasteiger partial charge in [-0.3, -0.25) is 10.1 Å². The molecule has 0 unspecified atom stereocenters. The second kappa shape index (κ2) is 7.24. The molecule has 94 valence electrons. The average Bonchev–Trinajstić information content (AvgIpc) is 2.30. The molecule has 0 fully saturated rings. The molecule has 0 aliphatic rings. The number of halogens is 1. The Morgan fingerprint density at radius 2 is 2.12 bits per heavy atom. The average molecular weight is 304 g/mol. The van der Waals surface area contributed by atoms with Gasteiger partial charge in [0.15, 0.2) is 0 Å². The molecule has 0 radical (unpaired) electrons. The van der Waals surface area contributed by atoms with Gasteiger partial charge in [-0.05, 0) is 41.3 Å². The van der Waals surface area contributed by atoms with Gasteiger partial charge in [0.25, 0.3) is 0 Å². The molecule has 5 nitrogen and oxygen atoms in total. The molecule has 1 aromatic carbocycles. The Morgan fingerprint density at radius 3 is 2.76 bits per heavy atom. The van der Waals surface area contributed by atoms with Crippen LogP contribution in [0.2, 0.25) is 0 Å².